The minimum atomic E-state index is 0.0369. The van der Waals surface area contributed by atoms with Gasteiger partial charge >= 0.3 is 0 Å². The molecule has 17 heavy (non-hydrogen) atoms. The van der Waals surface area contributed by atoms with Crippen LogP contribution in [0, 0.1) is 0 Å². The average Bonchev–Trinajstić information content (AvgIpc) is 2.89. The first-order valence-electron chi connectivity index (χ1n) is 5.80. The van der Waals surface area contributed by atoms with Crippen LogP contribution in [0.25, 0.3) is 0 Å². The third-order valence-electron chi connectivity index (χ3n) is 2.77. The number of hydrogen-bond donors (Lipinski definition) is 2. The van der Waals surface area contributed by atoms with Crippen LogP contribution in [-0.2, 0) is 6.42 Å². The van der Waals surface area contributed by atoms with Crippen LogP contribution in [0.2, 0.25) is 0 Å². The van der Waals surface area contributed by atoms with Gasteiger partial charge in [0.1, 0.15) is 0 Å². The van der Waals surface area contributed by atoms with Crippen molar-refractivity contribution in [3.05, 3.63) is 58.3 Å². The molecular weight excluding hydrogens is 230 g/mol. The van der Waals surface area contributed by atoms with Gasteiger partial charge in [-0.15, -0.1) is 0 Å². The number of aliphatic hydroxyl groups excluding tert-OH is 1. The van der Waals surface area contributed by atoms with Gasteiger partial charge in [0, 0.05) is 0 Å². The Morgan fingerprint density at radius 3 is 2.65 bits per heavy atom. The van der Waals surface area contributed by atoms with E-state index in [4.69, 9.17) is 0 Å². The molecule has 0 aliphatic rings. The Bertz CT molecular complexity index is 413. The summed E-state index contributed by atoms with van der Waals surface area (Å²) in [6, 6.07) is 12.2. The molecule has 2 nitrogen and oxygen atoms in total. The molecule has 2 aromatic rings. The zero-order chi connectivity index (χ0) is 11.9. The third kappa shape index (κ3) is 3.66. The molecule has 0 fully saturated rings. The summed E-state index contributed by atoms with van der Waals surface area (Å²) in [4.78, 5) is 0. The summed E-state index contributed by atoms with van der Waals surface area (Å²) in [6.45, 7) is 1.02. The van der Waals surface area contributed by atoms with Crippen LogP contribution in [0.4, 0.5) is 0 Å². The highest BCUT2D eigenvalue weighted by Gasteiger charge is 2.08. The van der Waals surface area contributed by atoms with Crippen molar-refractivity contribution in [2.45, 2.75) is 12.5 Å². The van der Waals surface area contributed by atoms with Crippen LogP contribution in [0.3, 0.4) is 0 Å². The molecule has 1 aromatic heterocycles. The van der Waals surface area contributed by atoms with E-state index < -0.39 is 0 Å². The molecule has 0 aliphatic heterocycles. The summed E-state index contributed by atoms with van der Waals surface area (Å²) in [5.74, 6) is 0. The second kappa shape index (κ2) is 6.55. The van der Waals surface area contributed by atoms with E-state index in [-0.39, 0.29) is 12.6 Å². The van der Waals surface area contributed by atoms with Gasteiger partial charge in [0.05, 0.1) is 12.6 Å². The van der Waals surface area contributed by atoms with Crippen molar-refractivity contribution in [2.75, 3.05) is 13.2 Å². The molecule has 1 aromatic carbocycles. The van der Waals surface area contributed by atoms with Crippen LogP contribution in [-0.4, -0.2) is 18.3 Å². The lowest BCUT2D eigenvalue weighted by Gasteiger charge is -2.16. The number of rotatable bonds is 6. The van der Waals surface area contributed by atoms with Crippen LogP contribution in [0.5, 0.6) is 0 Å². The highest BCUT2D eigenvalue weighted by atomic mass is 32.1. The number of thiophene rings is 1. The molecule has 0 spiro atoms. The quantitative estimate of drug-likeness (QED) is 0.822. The van der Waals surface area contributed by atoms with Gasteiger partial charge < -0.3 is 10.4 Å². The minimum absolute atomic E-state index is 0.0369. The van der Waals surface area contributed by atoms with Crippen molar-refractivity contribution in [3.8, 4) is 0 Å². The molecule has 0 bridgehead atoms. The van der Waals surface area contributed by atoms with Gasteiger partial charge in [-0.1, -0.05) is 30.3 Å². The SMILES string of the molecule is OCC(NCCc1ccsc1)c1ccccc1. The summed E-state index contributed by atoms with van der Waals surface area (Å²) >= 11 is 1.72. The minimum Gasteiger partial charge on any atom is -0.394 e. The number of hydrogen-bond acceptors (Lipinski definition) is 3. The predicted octanol–water partition coefficient (Wildman–Crippen LogP) is 2.61. The molecule has 2 rings (SSSR count). The molecular formula is C14H17NOS. The zero-order valence-corrected chi connectivity index (χ0v) is 10.5. The number of aliphatic hydroxyl groups is 1. The van der Waals surface area contributed by atoms with Gasteiger partial charge in [-0.05, 0) is 40.9 Å². The summed E-state index contributed by atoms with van der Waals surface area (Å²) in [5, 5.41) is 17.0. The first-order valence-corrected chi connectivity index (χ1v) is 6.74. The van der Waals surface area contributed by atoms with E-state index in [1.807, 2.05) is 30.3 Å². The Labute approximate surface area is 106 Å². The molecule has 1 atom stereocenters. The van der Waals surface area contributed by atoms with Crippen LogP contribution in [0.1, 0.15) is 17.2 Å². The normalized spacial score (nSPS) is 12.5. The largest absolute Gasteiger partial charge is 0.394 e. The number of nitrogens with one attached hydrogen (secondary N) is 1. The lowest BCUT2D eigenvalue weighted by molar-refractivity contribution is 0.245. The topological polar surface area (TPSA) is 32.3 Å². The van der Waals surface area contributed by atoms with E-state index in [1.165, 1.54) is 5.56 Å². The molecule has 0 amide bonds. The van der Waals surface area contributed by atoms with Crippen molar-refractivity contribution in [1.82, 2.24) is 5.32 Å². The van der Waals surface area contributed by atoms with E-state index in [1.54, 1.807) is 11.3 Å². The van der Waals surface area contributed by atoms with Gasteiger partial charge in [0.15, 0.2) is 0 Å². The Kier molecular flexibility index (Phi) is 4.74. The van der Waals surface area contributed by atoms with Crippen LogP contribution in [0.15, 0.2) is 47.2 Å². The second-order valence-corrected chi connectivity index (χ2v) is 4.76. The predicted molar refractivity (Wildman–Crippen MR) is 72.3 cm³/mol. The van der Waals surface area contributed by atoms with Gasteiger partial charge in [-0.3, -0.25) is 0 Å². The highest BCUT2D eigenvalue weighted by Crippen LogP contribution is 2.12. The smallest absolute Gasteiger partial charge is 0.0626 e. The fraction of sp³-hybridized carbons (Fsp3) is 0.286. The Morgan fingerprint density at radius 2 is 2.00 bits per heavy atom. The molecule has 3 heteroatoms. The standard InChI is InChI=1S/C14H17NOS/c16-10-14(13-4-2-1-3-5-13)15-8-6-12-7-9-17-11-12/h1-5,7,9,11,14-16H,6,8,10H2. The van der Waals surface area contributed by atoms with E-state index in [9.17, 15) is 5.11 Å². The lowest BCUT2D eigenvalue weighted by atomic mass is 10.1. The maximum Gasteiger partial charge on any atom is 0.0626 e. The van der Waals surface area contributed by atoms with Crippen molar-refractivity contribution in [1.29, 1.82) is 0 Å². The first kappa shape index (κ1) is 12.3. The monoisotopic (exact) mass is 247 g/mol. The number of benzene rings is 1. The van der Waals surface area contributed by atoms with E-state index >= 15 is 0 Å². The van der Waals surface area contributed by atoms with Crippen LogP contribution < -0.4 is 5.32 Å². The zero-order valence-electron chi connectivity index (χ0n) is 9.67. The summed E-state index contributed by atoms with van der Waals surface area (Å²) in [6.07, 6.45) is 1.01. The molecule has 90 valence electrons. The van der Waals surface area contributed by atoms with Crippen molar-refractivity contribution < 1.29 is 5.11 Å². The fourth-order valence-corrected chi connectivity index (χ4v) is 2.50. The second-order valence-electron chi connectivity index (χ2n) is 3.98. The van der Waals surface area contributed by atoms with Gasteiger partial charge in [-0.2, -0.15) is 11.3 Å². The molecule has 0 saturated heterocycles. The summed E-state index contributed by atoms with van der Waals surface area (Å²) in [7, 11) is 0. The Hall–Kier alpha value is -1.16. The summed E-state index contributed by atoms with van der Waals surface area (Å²) in [5.41, 5.74) is 2.49. The highest BCUT2D eigenvalue weighted by molar-refractivity contribution is 7.07. The molecule has 1 heterocycles. The van der Waals surface area contributed by atoms with Gasteiger partial charge in [-0.25, -0.2) is 0 Å². The van der Waals surface area contributed by atoms with Crippen molar-refractivity contribution in [2.24, 2.45) is 0 Å². The summed E-state index contributed by atoms with van der Waals surface area (Å²) < 4.78 is 0. The Balaban J connectivity index is 1.84. The van der Waals surface area contributed by atoms with Gasteiger partial charge in [0.2, 0.25) is 0 Å². The maximum absolute atomic E-state index is 9.38. The molecule has 1 unspecified atom stereocenters. The van der Waals surface area contributed by atoms with E-state index in [2.05, 4.69) is 22.1 Å². The van der Waals surface area contributed by atoms with E-state index in [0.29, 0.717) is 0 Å². The van der Waals surface area contributed by atoms with Crippen molar-refractivity contribution in [3.63, 3.8) is 0 Å². The molecule has 2 N–H and O–H groups in total. The van der Waals surface area contributed by atoms with Crippen molar-refractivity contribution >= 4 is 11.3 Å². The maximum atomic E-state index is 9.38. The first-order chi connectivity index (χ1) is 8.40. The average molecular weight is 247 g/mol. The van der Waals surface area contributed by atoms with E-state index in [0.717, 1.165) is 18.5 Å². The van der Waals surface area contributed by atoms with Crippen LogP contribution >= 0.6 is 11.3 Å². The Morgan fingerprint density at radius 1 is 1.18 bits per heavy atom. The van der Waals surface area contributed by atoms with Gasteiger partial charge in [0.25, 0.3) is 0 Å². The molecule has 0 saturated carbocycles. The lowest BCUT2D eigenvalue weighted by Crippen LogP contribution is -2.26. The third-order valence-corrected chi connectivity index (χ3v) is 3.50. The molecule has 0 aliphatic carbocycles. The fourth-order valence-electron chi connectivity index (χ4n) is 1.80. The molecule has 0 radical (unpaired) electrons.